The Morgan fingerprint density at radius 2 is 1.75 bits per heavy atom. The molecule has 0 fully saturated rings. The summed E-state index contributed by atoms with van der Waals surface area (Å²) in [6.45, 7) is 0.651. The van der Waals surface area contributed by atoms with E-state index in [2.05, 4.69) is 4.74 Å². The van der Waals surface area contributed by atoms with Gasteiger partial charge in [0.15, 0.2) is 6.10 Å². The Morgan fingerprint density at radius 3 is 2.15 bits per heavy atom. The molecule has 3 nitrogen and oxygen atoms in total. The molecule has 1 aromatic rings. The highest BCUT2D eigenvalue weighted by molar-refractivity contribution is 5.90. The van der Waals surface area contributed by atoms with E-state index in [0.29, 0.717) is 25.1 Å². The first kappa shape index (κ1) is 16.1. The number of aromatic carboxylic acids is 1. The molecule has 1 atom stereocenters. The van der Waals surface area contributed by atoms with Gasteiger partial charge in [-0.2, -0.15) is 26.3 Å². The van der Waals surface area contributed by atoms with Crippen LogP contribution in [0.25, 0.3) is 0 Å². The van der Waals surface area contributed by atoms with Gasteiger partial charge in [0, 0.05) is 0 Å². The molecule has 1 aromatic carbocycles. The fourth-order valence-electron chi connectivity index (χ4n) is 1.29. The largest absolute Gasteiger partial charge is 0.481 e. The first-order valence-electron chi connectivity index (χ1n) is 5.11. The molecule has 0 aliphatic carbocycles. The highest BCUT2D eigenvalue weighted by Gasteiger charge is 2.39. The van der Waals surface area contributed by atoms with Crippen molar-refractivity contribution in [3.8, 4) is 5.75 Å². The van der Waals surface area contributed by atoms with Gasteiger partial charge in [0.05, 0.1) is 11.1 Å². The molecule has 1 unspecified atom stereocenters. The van der Waals surface area contributed by atoms with Gasteiger partial charge in [0.25, 0.3) is 0 Å². The molecular formula is C11H8F6O3. The molecule has 0 aromatic heterocycles. The molecule has 0 bridgehead atoms. The molecule has 1 rings (SSSR count). The molecule has 0 saturated carbocycles. The van der Waals surface area contributed by atoms with Crippen molar-refractivity contribution in [2.24, 2.45) is 0 Å². The summed E-state index contributed by atoms with van der Waals surface area (Å²) < 4.78 is 78.6. The molecule has 0 saturated heterocycles. The van der Waals surface area contributed by atoms with Gasteiger partial charge < -0.3 is 9.84 Å². The van der Waals surface area contributed by atoms with Crippen LogP contribution in [-0.4, -0.2) is 23.4 Å². The molecular weight excluding hydrogens is 294 g/mol. The number of carboxylic acid groups (broad SMARTS) is 1. The fraction of sp³-hybridized carbons (Fsp3) is 0.364. The third kappa shape index (κ3) is 3.78. The highest BCUT2D eigenvalue weighted by atomic mass is 19.4. The molecule has 0 heterocycles. The van der Waals surface area contributed by atoms with Crippen LogP contribution in [0.15, 0.2) is 18.2 Å². The Balaban J connectivity index is 3.15. The van der Waals surface area contributed by atoms with Crippen molar-refractivity contribution in [3.05, 3.63) is 29.3 Å². The maximum atomic E-state index is 12.5. The van der Waals surface area contributed by atoms with Crippen molar-refractivity contribution in [2.75, 3.05) is 0 Å². The summed E-state index contributed by atoms with van der Waals surface area (Å²) in [4.78, 5) is 10.7. The van der Waals surface area contributed by atoms with E-state index in [0.717, 1.165) is 0 Å². The summed E-state index contributed by atoms with van der Waals surface area (Å²) in [5.74, 6) is -2.53. The number of hydrogen-bond donors (Lipinski definition) is 1. The van der Waals surface area contributed by atoms with Gasteiger partial charge in [0.2, 0.25) is 0 Å². The minimum atomic E-state index is -4.93. The van der Waals surface area contributed by atoms with Gasteiger partial charge in [-0.3, -0.25) is 0 Å². The number of halogens is 6. The normalized spacial score (nSPS) is 13.9. The van der Waals surface area contributed by atoms with E-state index >= 15 is 0 Å². The fourth-order valence-corrected chi connectivity index (χ4v) is 1.29. The number of carboxylic acids is 1. The van der Waals surface area contributed by atoms with E-state index in [4.69, 9.17) is 5.11 Å². The van der Waals surface area contributed by atoms with Crippen LogP contribution in [0.4, 0.5) is 26.3 Å². The van der Waals surface area contributed by atoms with Gasteiger partial charge in [-0.05, 0) is 25.1 Å². The quantitative estimate of drug-likeness (QED) is 0.865. The second-order valence-electron chi connectivity index (χ2n) is 3.81. The Labute approximate surface area is 108 Å². The standard InChI is InChI=1S/C11H8F6O3/c1-5(10(12,13)14)20-6-2-3-8(11(15,16)17)7(4-6)9(18)19/h2-5H,1H3,(H,18,19). The van der Waals surface area contributed by atoms with Crippen LogP contribution < -0.4 is 4.74 Å². The van der Waals surface area contributed by atoms with E-state index in [-0.39, 0.29) is 0 Å². The maximum Gasteiger partial charge on any atom is 0.425 e. The number of rotatable bonds is 3. The van der Waals surface area contributed by atoms with Crippen molar-refractivity contribution in [3.63, 3.8) is 0 Å². The lowest BCUT2D eigenvalue weighted by Crippen LogP contribution is -2.31. The number of alkyl halides is 6. The van der Waals surface area contributed by atoms with E-state index in [1.807, 2.05) is 0 Å². The predicted molar refractivity (Wildman–Crippen MR) is 54.5 cm³/mol. The lowest BCUT2D eigenvalue weighted by atomic mass is 10.1. The first-order valence-corrected chi connectivity index (χ1v) is 5.11. The van der Waals surface area contributed by atoms with Gasteiger partial charge >= 0.3 is 18.3 Å². The topological polar surface area (TPSA) is 46.5 Å². The summed E-state index contributed by atoms with van der Waals surface area (Å²) in [5.41, 5.74) is -2.64. The first-order chi connectivity index (χ1) is 8.93. The Hall–Kier alpha value is -1.93. The molecule has 0 aliphatic heterocycles. The number of hydrogen-bond acceptors (Lipinski definition) is 2. The maximum absolute atomic E-state index is 12.5. The van der Waals surface area contributed by atoms with Crippen LogP contribution in [0.1, 0.15) is 22.8 Å². The van der Waals surface area contributed by atoms with Crippen LogP contribution in [0.2, 0.25) is 0 Å². The molecule has 0 amide bonds. The van der Waals surface area contributed by atoms with E-state index < -0.39 is 41.3 Å². The average Bonchev–Trinajstić information content (AvgIpc) is 2.25. The number of benzene rings is 1. The van der Waals surface area contributed by atoms with Crippen molar-refractivity contribution in [2.45, 2.75) is 25.4 Å². The second-order valence-corrected chi connectivity index (χ2v) is 3.81. The lowest BCUT2D eigenvalue weighted by molar-refractivity contribution is -0.189. The molecule has 20 heavy (non-hydrogen) atoms. The Bertz CT molecular complexity index is 506. The van der Waals surface area contributed by atoms with Gasteiger partial charge in [0.1, 0.15) is 5.75 Å². The zero-order valence-electron chi connectivity index (χ0n) is 9.84. The highest BCUT2D eigenvalue weighted by Crippen LogP contribution is 2.34. The summed E-state index contributed by atoms with van der Waals surface area (Å²) in [6, 6.07) is 1.41. The second kappa shape index (κ2) is 5.22. The lowest BCUT2D eigenvalue weighted by Gasteiger charge is -2.18. The minimum absolute atomic E-state index is 0.363. The van der Waals surface area contributed by atoms with Crippen LogP contribution >= 0.6 is 0 Å². The van der Waals surface area contributed by atoms with E-state index in [9.17, 15) is 31.1 Å². The molecule has 0 spiro atoms. The van der Waals surface area contributed by atoms with Crippen LogP contribution in [-0.2, 0) is 6.18 Å². The molecule has 0 radical (unpaired) electrons. The van der Waals surface area contributed by atoms with Gasteiger partial charge in [-0.15, -0.1) is 0 Å². The van der Waals surface area contributed by atoms with Crippen LogP contribution in [0, 0.1) is 0 Å². The van der Waals surface area contributed by atoms with Gasteiger partial charge in [-0.1, -0.05) is 0 Å². The van der Waals surface area contributed by atoms with Crippen molar-refractivity contribution in [1.82, 2.24) is 0 Å². The summed E-state index contributed by atoms with van der Waals surface area (Å²) >= 11 is 0. The summed E-state index contributed by atoms with van der Waals surface area (Å²) in [7, 11) is 0. The SMILES string of the molecule is CC(Oc1ccc(C(F)(F)F)c(C(=O)O)c1)C(F)(F)F. The predicted octanol–water partition coefficient (Wildman–Crippen LogP) is 3.73. The molecule has 0 aliphatic rings. The Kier molecular flexibility index (Phi) is 4.21. The number of carbonyl (C=O) groups is 1. The minimum Gasteiger partial charge on any atom is -0.481 e. The molecule has 1 N–H and O–H groups in total. The summed E-state index contributed by atoms with van der Waals surface area (Å²) in [6.07, 6.45) is -11.9. The van der Waals surface area contributed by atoms with Crippen molar-refractivity contribution < 1.29 is 41.0 Å². The number of ether oxygens (including phenoxy) is 1. The van der Waals surface area contributed by atoms with E-state index in [1.165, 1.54) is 0 Å². The van der Waals surface area contributed by atoms with Crippen molar-refractivity contribution >= 4 is 5.97 Å². The van der Waals surface area contributed by atoms with Gasteiger partial charge in [-0.25, -0.2) is 4.79 Å². The third-order valence-corrected chi connectivity index (χ3v) is 2.30. The zero-order valence-corrected chi connectivity index (χ0v) is 9.84. The van der Waals surface area contributed by atoms with Crippen LogP contribution in [0.3, 0.4) is 0 Å². The summed E-state index contributed by atoms with van der Waals surface area (Å²) in [5, 5.41) is 8.67. The van der Waals surface area contributed by atoms with E-state index in [1.54, 1.807) is 0 Å². The Morgan fingerprint density at radius 1 is 1.20 bits per heavy atom. The monoisotopic (exact) mass is 302 g/mol. The molecule has 112 valence electrons. The van der Waals surface area contributed by atoms with Crippen LogP contribution in [0.5, 0.6) is 5.75 Å². The smallest absolute Gasteiger partial charge is 0.425 e. The molecule has 9 heteroatoms. The average molecular weight is 302 g/mol. The third-order valence-electron chi connectivity index (χ3n) is 2.30. The zero-order chi connectivity index (χ0) is 15.7. The van der Waals surface area contributed by atoms with Crippen molar-refractivity contribution in [1.29, 1.82) is 0 Å².